The second-order valence-corrected chi connectivity index (χ2v) is 11.3. The van der Waals surface area contributed by atoms with E-state index >= 15 is 0 Å². The van der Waals surface area contributed by atoms with Crippen molar-refractivity contribution in [2.24, 2.45) is 0 Å². The van der Waals surface area contributed by atoms with Crippen LogP contribution in [0.5, 0.6) is 0 Å². The fourth-order valence-corrected chi connectivity index (χ4v) is 6.51. The Balaban J connectivity index is 1.59. The molecule has 0 bridgehead atoms. The summed E-state index contributed by atoms with van der Waals surface area (Å²) in [5.74, 6) is -0.888. The summed E-state index contributed by atoms with van der Waals surface area (Å²) >= 11 is 1.09. The Hall–Kier alpha value is -2.44. The molecule has 0 radical (unpaired) electrons. The van der Waals surface area contributed by atoms with Crippen molar-refractivity contribution in [1.29, 1.82) is 0 Å². The molecule has 3 heterocycles. The van der Waals surface area contributed by atoms with Gasteiger partial charge in [0.05, 0.1) is 53.5 Å². The number of thioether (sulfide) groups is 1. The van der Waals surface area contributed by atoms with Gasteiger partial charge in [-0.25, -0.2) is 18.2 Å². The third kappa shape index (κ3) is 5.56. The molecule has 10 nitrogen and oxygen atoms in total. The van der Waals surface area contributed by atoms with Gasteiger partial charge in [-0.2, -0.15) is 0 Å². The highest BCUT2D eigenvalue weighted by atomic mass is 32.2. The van der Waals surface area contributed by atoms with Gasteiger partial charge in [-0.15, -0.1) is 0 Å². The van der Waals surface area contributed by atoms with Crippen LogP contribution in [-0.4, -0.2) is 73.0 Å². The second-order valence-electron chi connectivity index (χ2n) is 8.12. The van der Waals surface area contributed by atoms with Crippen LogP contribution in [-0.2, 0) is 30.7 Å². The third-order valence-electron chi connectivity index (χ3n) is 5.68. The number of esters is 1. The smallest absolute Gasteiger partial charge is 0.337 e. The van der Waals surface area contributed by atoms with E-state index in [0.717, 1.165) is 24.6 Å². The molecule has 1 amide bonds. The van der Waals surface area contributed by atoms with E-state index in [1.807, 2.05) is 0 Å². The van der Waals surface area contributed by atoms with E-state index in [-0.39, 0.29) is 40.4 Å². The molecule has 0 spiro atoms. The van der Waals surface area contributed by atoms with Crippen molar-refractivity contribution in [2.45, 2.75) is 43.1 Å². The maximum Gasteiger partial charge on any atom is 0.337 e. The number of hydrogen-bond donors (Lipinski definition) is 1. The van der Waals surface area contributed by atoms with Crippen LogP contribution in [0.2, 0.25) is 0 Å². The van der Waals surface area contributed by atoms with Crippen molar-refractivity contribution < 1.29 is 27.5 Å². The van der Waals surface area contributed by atoms with Crippen LogP contribution in [0.3, 0.4) is 0 Å². The first-order valence-corrected chi connectivity index (χ1v) is 13.4. The number of ether oxygens (including phenoxy) is 2. The van der Waals surface area contributed by atoms with E-state index in [1.54, 1.807) is 6.07 Å². The van der Waals surface area contributed by atoms with E-state index in [2.05, 4.69) is 10.3 Å². The standard InChI is InChI=1S/C21H25N3O7S2/c1-30-20(27)13-4-5-16-17(9-13)23-21(24(19(16)26)10-15-3-2-7-31-15)32-11-18(25)22-14-6-8-33(28,29)12-14/h4-5,9,14-15H,2-3,6-8,10-12H2,1H3,(H,22,25)/t14-,15+/m1/s1. The number of carbonyl (C=O) groups is 2. The molecule has 0 saturated carbocycles. The van der Waals surface area contributed by atoms with Gasteiger partial charge in [-0.05, 0) is 37.5 Å². The van der Waals surface area contributed by atoms with Crippen molar-refractivity contribution in [3.8, 4) is 0 Å². The van der Waals surface area contributed by atoms with Crippen molar-refractivity contribution in [3.63, 3.8) is 0 Å². The van der Waals surface area contributed by atoms with Gasteiger partial charge in [0.25, 0.3) is 5.56 Å². The first-order valence-electron chi connectivity index (χ1n) is 10.6. The molecule has 12 heteroatoms. The van der Waals surface area contributed by atoms with Crippen molar-refractivity contribution in [2.75, 3.05) is 31.0 Å². The van der Waals surface area contributed by atoms with E-state index in [4.69, 9.17) is 9.47 Å². The van der Waals surface area contributed by atoms with Crippen LogP contribution >= 0.6 is 11.8 Å². The summed E-state index contributed by atoms with van der Waals surface area (Å²) in [4.78, 5) is 42.2. The number of sulfone groups is 1. The minimum Gasteiger partial charge on any atom is -0.465 e. The van der Waals surface area contributed by atoms with Gasteiger partial charge in [-0.1, -0.05) is 11.8 Å². The highest BCUT2D eigenvalue weighted by Gasteiger charge is 2.29. The quantitative estimate of drug-likeness (QED) is 0.336. The Labute approximate surface area is 195 Å². The van der Waals surface area contributed by atoms with Crippen LogP contribution in [0.25, 0.3) is 10.9 Å². The van der Waals surface area contributed by atoms with Crippen LogP contribution in [0, 0.1) is 0 Å². The molecule has 1 aromatic carbocycles. The molecule has 2 saturated heterocycles. The summed E-state index contributed by atoms with van der Waals surface area (Å²) in [6, 6.07) is 4.16. The van der Waals surface area contributed by atoms with Crippen LogP contribution in [0.15, 0.2) is 28.2 Å². The Kier molecular flexibility index (Phi) is 7.05. The lowest BCUT2D eigenvalue weighted by molar-refractivity contribution is -0.119. The normalized spacial score (nSPS) is 21.8. The second kappa shape index (κ2) is 9.82. The largest absolute Gasteiger partial charge is 0.465 e. The van der Waals surface area contributed by atoms with E-state index < -0.39 is 21.8 Å². The lowest BCUT2D eigenvalue weighted by atomic mass is 10.1. The molecule has 4 rings (SSSR count). The maximum atomic E-state index is 13.3. The molecule has 0 aliphatic carbocycles. The summed E-state index contributed by atoms with van der Waals surface area (Å²) in [6.45, 7) is 0.948. The molecular formula is C21H25N3O7S2. The maximum absolute atomic E-state index is 13.3. The first-order chi connectivity index (χ1) is 15.8. The van der Waals surface area contributed by atoms with Crippen LogP contribution in [0.4, 0.5) is 0 Å². The fraction of sp³-hybridized carbons (Fsp3) is 0.524. The van der Waals surface area contributed by atoms with Crippen molar-refractivity contribution in [1.82, 2.24) is 14.9 Å². The summed E-state index contributed by atoms with van der Waals surface area (Å²) in [5, 5.41) is 3.43. The van der Waals surface area contributed by atoms with Gasteiger partial charge < -0.3 is 14.8 Å². The zero-order valence-electron chi connectivity index (χ0n) is 18.1. The lowest BCUT2D eigenvalue weighted by Crippen LogP contribution is -2.37. The van der Waals surface area contributed by atoms with E-state index in [0.29, 0.717) is 35.6 Å². The Morgan fingerprint density at radius 2 is 2.15 bits per heavy atom. The number of hydrogen-bond acceptors (Lipinski definition) is 9. The van der Waals surface area contributed by atoms with Crippen molar-refractivity contribution in [3.05, 3.63) is 34.1 Å². The molecule has 2 fully saturated rings. The molecule has 1 aromatic heterocycles. The number of benzene rings is 1. The molecule has 2 atom stereocenters. The van der Waals surface area contributed by atoms with E-state index in [9.17, 15) is 22.8 Å². The predicted molar refractivity (Wildman–Crippen MR) is 122 cm³/mol. The number of rotatable bonds is 7. The Morgan fingerprint density at radius 1 is 1.33 bits per heavy atom. The Morgan fingerprint density at radius 3 is 2.82 bits per heavy atom. The SMILES string of the molecule is COC(=O)c1ccc2c(=O)n(C[C@@H]3CCCO3)c(SCC(=O)N[C@@H]3CCS(=O)(=O)C3)nc2c1. The predicted octanol–water partition coefficient (Wildman–Crippen LogP) is 0.758. The van der Waals surface area contributed by atoms with Crippen molar-refractivity contribution >= 4 is 44.4 Å². The van der Waals surface area contributed by atoms with E-state index in [1.165, 1.54) is 23.8 Å². The zero-order chi connectivity index (χ0) is 23.6. The molecule has 178 valence electrons. The average Bonchev–Trinajstić information content (AvgIpc) is 3.42. The topological polar surface area (TPSA) is 134 Å². The average molecular weight is 496 g/mol. The number of carbonyl (C=O) groups excluding carboxylic acids is 2. The van der Waals surface area contributed by atoms with Crippen LogP contribution in [0.1, 0.15) is 29.6 Å². The summed E-state index contributed by atoms with van der Waals surface area (Å²) in [6.07, 6.45) is 2.02. The molecule has 2 aliphatic rings. The minimum atomic E-state index is -3.10. The number of aromatic nitrogens is 2. The number of methoxy groups -OCH3 is 1. The third-order valence-corrected chi connectivity index (χ3v) is 8.43. The van der Waals surface area contributed by atoms with Crippen LogP contribution < -0.4 is 10.9 Å². The zero-order valence-corrected chi connectivity index (χ0v) is 19.7. The minimum absolute atomic E-state index is 0.0310. The summed E-state index contributed by atoms with van der Waals surface area (Å²) in [5.41, 5.74) is 0.318. The molecule has 1 N–H and O–H groups in total. The van der Waals surface area contributed by atoms with Gasteiger partial charge in [0, 0.05) is 12.6 Å². The summed E-state index contributed by atoms with van der Waals surface area (Å²) < 4.78 is 35.2. The number of nitrogens with one attached hydrogen (secondary N) is 1. The van der Waals surface area contributed by atoms with Gasteiger partial charge >= 0.3 is 5.97 Å². The number of amides is 1. The molecular weight excluding hydrogens is 470 g/mol. The highest BCUT2D eigenvalue weighted by Crippen LogP contribution is 2.22. The summed E-state index contributed by atoms with van der Waals surface area (Å²) in [7, 11) is -1.83. The highest BCUT2D eigenvalue weighted by molar-refractivity contribution is 7.99. The molecule has 0 unspecified atom stereocenters. The Bertz CT molecular complexity index is 1240. The molecule has 2 aromatic rings. The monoisotopic (exact) mass is 495 g/mol. The fourth-order valence-electron chi connectivity index (χ4n) is 4.02. The van der Waals surface area contributed by atoms with Gasteiger partial charge in [0.2, 0.25) is 5.91 Å². The number of nitrogens with zero attached hydrogens (tertiary/aromatic N) is 2. The number of fused-ring (bicyclic) bond motifs is 1. The van der Waals surface area contributed by atoms with Gasteiger partial charge in [-0.3, -0.25) is 14.2 Å². The molecule has 2 aliphatic heterocycles. The molecule has 33 heavy (non-hydrogen) atoms. The lowest BCUT2D eigenvalue weighted by Gasteiger charge is -2.17. The van der Waals surface area contributed by atoms with Gasteiger partial charge in [0.1, 0.15) is 0 Å². The van der Waals surface area contributed by atoms with Gasteiger partial charge in [0.15, 0.2) is 15.0 Å². The first kappa shape index (κ1) is 23.7.